The lowest BCUT2D eigenvalue weighted by molar-refractivity contribution is 0.306. The smallest absolute Gasteiger partial charge is 0.135 e. The third-order valence-electron chi connectivity index (χ3n) is 4.72. The summed E-state index contributed by atoms with van der Waals surface area (Å²) in [5.74, 6) is 1.60. The molecule has 0 aliphatic carbocycles. The fourth-order valence-electron chi connectivity index (χ4n) is 3.00. The molecule has 1 saturated heterocycles. The number of rotatable bonds is 5. The molecule has 0 radical (unpaired) electrons. The number of halogens is 1. The van der Waals surface area contributed by atoms with Gasteiger partial charge in [-0.25, -0.2) is 0 Å². The normalized spacial score (nSPS) is 24.0. The number of benzene rings is 1. The van der Waals surface area contributed by atoms with E-state index in [0.29, 0.717) is 18.0 Å². The van der Waals surface area contributed by atoms with Crippen molar-refractivity contribution in [2.24, 2.45) is 5.92 Å². The maximum Gasteiger partial charge on any atom is 0.135 e. The van der Waals surface area contributed by atoms with Crippen LogP contribution in [-0.2, 0) is 0 Å². The number of anilines is 1. The van der Waals surface area contributed by atoms with Crippen LogP contribution >= 0.6 is 15.9 Å². The van der Waals surface area contributed by atoms with E-state index in [1.165, 1.54) is 12.1 Å². The van der Waals surface area contributed by atoms with E-state index in [0.717, 1.165) is 29.7 Å². The molecule has 1 aliphatic heterocycles. The third kappa shape index (κ3) is 3.72. The molecule has 0 saturated carbocycles. The molecular formula is C17H27BrN2O. The summed E-state index contributed by atoms with van der Waals surface area (Å²) in [5.41, 5.74) is 1.26. The molecule has 0 amide bonds. The molecule has 1 heterocycles. The van der Waals surface area contributed by atoms with Gasteiger partial charge in [0.05, 0.1) is 11.6 Å². The number of methoxy groups -OCH3 is 1. The topological polar surface area (TPSA) is 24.5 Å². The Labute approximate surface area is 137 Å². The fraction of sp³-hybridized carbons (Fsp3) is 0.647. The van der Waals surface area contributed by atoms with Crippen molar-refractivity contribution in [3.8, 4) is 5.75 Å². The zero-order valence-corrected chi connectivity index (χ0v) is 15.1. The van der Waals surface area contributed by atoms with E-state index in [1.807, 2.05) is 0 Å². The molecule has 3 unspecified atom stereocenters. The van der Waals surface area contributed by atoms with Gasteiger partial charge in [0.15, 0.2) is 0 Å². The number of nitrogens with one attached hydrogen (secondary N) is 1. The van der Waals surface area contributed by atoms with Crippen LogP contribution in [0.3, 0.4) is 0 Å². The average molecular weight is 355 g/mol. The summed E-state index contributed by atoms with van der Waals surface area (Å²) in [6.45, 7) is 9.00. The highest BCUT2D eigenvalue weighted by Gasteiger charge is 2.29. The molecule has 3 nitrogen and oxygen atoms in total. The Morgan fingerprint density at radius 1 is 1.43 bits per heavy atom. The van der Waals surface area contributed by atoms with Gasteiger partial charge < -0.3 is 15.0 Å². The largest absolute Gasteiger partial charge is 0.495 e. The van der Waals surface area contributed by atoms with E-state index in [2.05, 4.69) is 65.1 Å². The lowest BCUT2D eigenvalue weighted by atomic mass is 9.94. The zero-order valence-electron chi connectivity index (χ0n) is 13.5. The molecule has 1 aromatic rings. The van der Waals surface area contributed by atoms with Gasteiger partial charge in [0.2, 0.25) is 0 Å². The highest BCUT2D eigenvalue weighted by atomic mass is 79.9. The summed E-state index contributed by atoms with van der Waals surface area (Å²) in [6, 6.07) is 7.53. The highest BCUT2D eigenvalue weighted by molar-refractivity contribution is 9.10. The minimum Gasteiger partial charge on any atom is -0.495 e. The Kier molecular flexibility index (Phi) is 5.94. The van der Waals surface area contributed by atoms with Crippen LogP contribution in [0.2, 0.25) is 0 Å². The van der Waals surface area contributed by atoms with Crippen molar-refractivity contribution in [1.29, 1.82) is 0 Å². The van der Waals surface area contributed by atoms with Crippen LogP contribution in [0.15, 0.2) is 22.7 Å². The van der Waals surface area contributed by atoms with E-state index in [4.69, 9.17) is 4.74 Å². The van der Waals surface area contributed by atoms with Crippen molar-refractivity contribution in [3.05, 3.63) is 22.7 Å². The standard InChI is InChI=1S/C17H27BrN2O/c1-5-12(3)16-11-20(13(6-2)10-19-16)14-7-8-15(18)17(9-14)21-4/h7-9,12-13,16,19H,5-6,10-11H2,1-4H3. The van der Waals surface area contributed by atoms with Crippen LogP contribution in [0.1, 0.15) is 33.6 Å². The second-order valence-corrected chi connectivity index (χ2v) is 6.79. The Morgan fingerprint density at radius 3 is 2.81 bits per heavy atom. The van der Waals surface area contributed by atoms with Gasteiger partial charge in [-0.05, 0) is 40.4 Å². The first-order valence-electron chi connectivity index (χ1n) is 7.94. The van der Waals surface area contributed by atoms with Crippen molar-refractivity contribution in [2.75, 3.05) is 25.1 Å². The summed E-state index contributed by atoms with van der Waals surface area (Å²) in [7, 11) is 1.72. The summed E-state index contributed by atoms with van der Waals surface area (Å²) in [6.07, 6.45) is 2.37. The molecule has 118 valence electrons. The predicted octanol–water partition coefficient (Wildman–Crippen LogP) is 4.06. The maximum absolute atomic E-state index is 5.45. The Bertz CT molecular complexity index is 466. The Morgan fingerprint density at radius 2 is 2.19 bits per heavy atom. The number of nitrogens with zero attached hydrogens (tertiary/aromatic N) is 1. The third-order valence-corrected chi connectivity index (χ3v) is 5.37. The summed E-state index contributed by atoms with van der Waals surface area (Å²) >= 11 is 3.54. The molecule has 4 heteroatoms. The summed E-state index contributed by atoms with van der Waals surface area (Å²) in [4.78, 5) is 2.54. The second kappa shape index (κ2) is 7.50. The molecule has 3 atom stereocenters. The van der Waals surface area contributed by atoms with Gasteiger partial charge in [-0.15, -0.1) is 0 Å². The van der Waals surface area contributed by atoms with E-state index in [9.17, 15) is 0 Å². The van der Waals surface area contributed by atoms with Crippen molar-refractivity contribution in [1.82, 2.24) is 5.32 Å². The monoisotopic (exact) mass is 354 g/mol. The first-order valence-corrected chi connectivity index (χ1v) is 8.73. The molecule has 1 aromatic carbocycles. The molecule has 0 bridgehead atoms. The van der Waals surface area contributed by atoms with E-state index < -0.39 is 0 Å². The predicted molar refractivity (Wildman–Crippen MR) is 93.4 cm³/mol. The lowest BCUT2D eigenvalue weighted by Gasteiger charge is -2.43. The minimum absolute atomic E-state index is 0.552. The molecule has 0 aromatic heterocycles. The Hall–Kier alpha value is -0.740. The van der Waals surface area contributed by atoms with Gasteiger partial charge in [-0.1, -0.05) is 27.2 Å². The average Bonchev–Trinajstić information content (AvgIpc) is 2.54. The lowest BCUT2D eigenvalue weighted by Crippen LogP contribution is -2.58. The Balaban J connectivity index is 2.24. The van der Waals surface area contributed by atoms with E-state index in [-0.39, 0.29) is 0 Å². The maximum atomic E-state index is 5.45. The van der Waals surface area contributed by atoms with Gasteiger partial charge in [-0.3, -0.25) is 0 Å². The quantitative estimate of drug-likeness (QED) is 0.862. The van der Waals surface area contributed by atoms with Crippen molar-refractivity contribution in [3.63, 3.8) is 0 Å². The SMILES string of the molecule is CCC(C)C1CN(c2ccc(Br)c(OC)c2)C(CC)CN1. The van der Waals surface area contributed by atoms with E-state index in [1.54, 1.807) is 7.11 Å². The van der Waals surface area contributed by atoms with Gasteiger partial charge >= 0.3 is 0 Å². The number of hydrogen-bond acceptors (Lipinski definition) is 3. The number of piperazine rings is 1. The number of hydrogen-bond donors (Lipinski definition) is 1. The molecule has 0 spiro atoms. The van der Waals surface area contributed by atoms with Gasteiger partial charge in [-0.2, -0.15) is 0 Å². The van der Waals surface area contributed by atoms with Crippen LogP contribution < -0.4 is 15.0 Å². The van der Waals surface area contributed by atoms with E-state index >= 15 is 0 Å². The summed E-state index contributed by atoms with van der Waals surface area (Å²) in [5, 5.41) is 3.73. The van der Waals surface area contributed by atoms with Crippen molar-refractivity contribution < 1.29 is 4.74 Å². The minimum atomic E-state index is 0.552. The van der Waals surface area contributed by atoms with Crippen LogP contribution in [0.5, 0.6) is 5.75 Å². The molecule has 1 fully saturated rings. The van der Waals surface area contributed by atoms with Crippen LogP contribution in [0.25, 0.3) is 0 Å². The van der Waals surface area contributed by atoms with Crippen molar-refractivity contribution >= 4 is 21.6 Å². The van der Waals surface area contributed by atoms with Crippen LogP contribution in [0, 0.1) is 5.92 Å². The zero-order chi connectivity index (χ0) is 15.4. The first kappa shape index (κ1) is 16.6. The van der Waals surface area contributed by atoms with Crippen LogP contribution in [0.4, 0.5) is 5.69 Å². The van der Waals surface area contributed by atoms with Gasteiger partial charge in [0.25, 0.3) is 0 Å². The van der Waals surface area contributed by atoms with Crippen molar-refractivity contribution in [2.45, 2.75) is 45.7 Å². The first-order chi connectivity index (χ1) is 10.1. The second-order valence-electron chi connectivity index (χ2n) is 5.93. The van der Waals surface area contributed by atoms with Gasteiger partial charge in [0.1, 0.15) is 5.75 Å². The molecule has 1 aliphatic rings. The van der Waals surface area contributed by atoms with Crippen LogP contribution in [-0.4, -0.2) is 32.3 Å². The molecular weight excluding hydrogens is 328 g/mol. The highest BCUT2D eigenvalue weighted by Crippen LogP contribution is 2.32. The summed E-state index contributed by atoms with van der Waals surface area (Å²) < 4.78 is 6.46. The van der Waals surface area contributed by atoms with Gasteiger partial charge in [0, 0.05) is 36.9 Å². The number of ether oxygens (including phenoxy) is 1. The fourth-order valence-corrected chi connectivity index (χ4v) is 3.41. The molecule has 2 rings (SSSR count). The molecule has 21 heavy (non-hydrogen) atoms. The molecule has 1 N–H and O–H groups in total.